The van der Waals surface area contributed by atoms with Crippen molar-refractivity contribution in [3.63, 3.8) is 0 Å². The number of terminal acetylenes is 1. The molecule has 0 amide bonds. The smallest absolute Gasteiger partial charge is 0.360 e. The lowest BCUT2D eigenvalue weighted by molar-refractivity contribution is -0.0876. The lowest BCUT2D eigenvalue weighted by Crippen LogP contribution is -2.54. The van der Waals surface area contributed by atoms with Crippen LogP contribution in [0.1, 0.15) is 37.3 Å². The number of nitrogens with zero attached hydrogens (tertiary/aromatic N) is 4. The van der Waals surface area contributed by atoms with E-state index in [1.54, 1.807) is 6.20 Å². The molecule has 4 rings (SSSR count). The molecule has 1 saturated heterocycles. The van der Waals surface area contributed by atoms with Gasteiger partial charge in [-0.3, -0.25) is 10.4 Å². The molecule has 1 aromatic rings. The van der Waals surface area contributed by atoms with Crippen molar-refractivity contribution in [1.29, 1.82) is 0 Å². The second kappa shape index (κ2) is 8.75. The molecule has 0 bridgehead atoms. The standard InChI is InChI=1S/C21H27F4N7/c1-2-7-27-19-16(20(23,24)25)10-28-21(26,30-19)15-9-29-32(12-15)18-6-8-31(13-17(18)22)11-14-4-3-5-14/h1,9-10,12,14,17-18,27,30H,3-8,11,13,26H2/t17-,18-,21?/m1/s1. The largest absolute Gasteiger partial charge is 0.421 e. The number of nitrogens with two attached hydrogens (primary N) is 1. The Morgan fingerprint density at radius 2 is 2.12 bits per heavy atom. The van der Waals surface area contributed by atoms with Gasteiger partial charge in [0, 0.05) is 32.0 Å². The first kappa shape index (κ1) is 22.6. The monoisotopic (exact) mass is 453 g/mol. The molecule has 1 unspecified atom stereocenters. The summed E-state index contributed by atoms with van der Waals surface area (Å²) >= 11 is 0. The number of halogens is 4. The highest BCUT2D eigenvalue weighted by Crippen LogP contribution is 2.33. The van der Waals surface area contributed by atoms with Gasteiger partial charge in [-0.25, -0.2) is 9.38 Å². The number of rotatable bonds is 6. The van der Waals surface area contributed by atoms with Gasteiger partial charge in [0.1, 0.15) is 17.6 Å². The average molecular weight is 453 g/mol. The van der Waals surface area contributed by atoms with E-state index < -0.39 is 29.7 Å². The maximum absolute atomic E-state index is 14.9. The molecule has 32 heavy (non-hydrogen) atoms. The van der Waals surface area contributed by atoms with E-state index >= 15 is 0 Å². The Kier molecular flexibility index (Phi) is 6.18. The Balaban J connectivity index is 1.46. The highest BCUT2D eigenvalue weighted by molar-refractivity contribution is 5.82. The van der Waals surface area contributed by atoms with E-state index in [-0.39, 0.29) is 12.4 Å². The molecule has 11 heteroatoms. The maximum Gasteiger partial charge on any atom is 0.421 e. The summed E-state index contributed by atoms with van der Waals surface area (Å²) in [5.41, 5.74) is 5.57. The molecule has 7 nitrogen and oxygen atoms in total. The van der Waals surface area contributed by atoms with E-state index in [0.717, 1.165) is 13.1 Å². The normalized spacial score (nSPS) is 29.4. The molecular weight excluding hydrogens is 426 g/mol. The summed E-state index contributed by atoms with van der Waals surface area (Å²) < 4.78 is 56.4. The fourth-order valence-electron chi connectivity index (χ4n) is 4.34. The van der Waals surface area contributed by atoms with Gasteiger partial charge in [-0.1, -0.05) is 12.3 Å². The zero-order chi connectivity index (χ0) is 22.9. The minimum Gasteiger partial charge on any atom is -0.360 e. The Bertz CT molecular complexity index is 927. The van der Waals surface area contributed by atoms with E-state index in [9.17, 15) is 17.6 Å². The van der Waals surface area contributed by atoms with Crippen LogP contribution in [-0.2, 0) is 5.79 Å². The number of aliphatic imine (C=N–C) groups is 1. The quantitative estimate of drug-likeness (QED) is 0.454. The number of aromatic nitrogens is 2. The van der Waals surface area contributed by atoms with Crippen LogP contribution in [0.15, 0.2) is 28.8 Å². The van der Waals surface area contributed by atoms with Gasteiger partial charge < -0.3 is 15.5 Å². The lowest BCUT2D eigenvalue weighted by atomic mass is 9.84. The van der Waals surface area contributed by atoms with Crippen molar-refractivity contribution in [2.24, 2.45) is 16.6 Å². The summed E-state index contributed by atoms with van der Waals surface area (Å²) in [6.07, 6.45) is 7.31. The van der Waals surface area contributed by atoms with Crippen molar-refractivity contribution < 1.29 is 17.6 Å². The molecule has 1 aliphatic carbocycles. The molecular formula is C21H27F4N7. The highest BCUT2D eigenvalue weighted by atomic mass is 19.4. The zero-order valence-electron chi connectivity index (χ0n) is 17.6. The number of likely N-dealkylation sites (tertiary alicyclic amines) is 1. The molecule has 2 aliphatic heterocycles. The van der Waals surface area contributed by atoms with E-state index in [1.807, 2.05) is 0 Å². The fourth-order valence-corrected chi connectivity index (χ4v) is 4.34. The third kappa shape index (κ3) is 4.61. The number of piperidine rings is 1. The van der Waals surface area contributed by atoms with Crippen molar-refractivity contribution in [1.82, 2.24) is 25.3 Å². The summed E-state index contributed by atoms with van der Waals surface area (Å²) in [5, 5.41) is 9.34. The molecule has 0 spiro atoms. The summed E-state index contributed by atoms with van der Waals surface area (Å²) in [5.74, 6) is 0.843. The first-order chi connectivity index (χ1) is 15.2. The minimum absolute atomic E-state index is 0.131. The van der Waals surface area contributed by atoms with Gasteiger partial charge in [0.25, 0.3) is 0 Å². The van der Waals surface area contributed by atoms with Gasteiger partial charge in [0.15, 0.2) is 0 Å². The van der Waals surface area contributed by atoms with Gasteiger partial charge in [0.05, 0.1) is 24.3 Å². The van der Waals surface area contributed by atoms with E-state index in [4.69, 9.17) is 12.2 Å². The molecule has 3 aliphatic rings. The van der Waals surface area contributed by atoms with Crippen LogP contribution in [0.3, 0.4) is 0 Å². The number of allylic oxidation sites excluding steroid dienone is 1. The molecule has 2 fully saturated rings. The van der Waals surface area contributed by atoms with Crippen molar-refractivity contribution >= 4 is 6.21 Å². The second-order valence-corrected chi connectivity index (χ2v) is 8.63. The van der Waals surface area contributed by atoms with E-state index in [0.29, 0.717) is 30.7 Å². The molecule has 1 saturated carbocycles. The van der Waals surface area contributed by atoms with Crippen LogP contribution in [0.2, 0.25) is 0 Å². The van der Waals surface area contributed by atoms with Crippen molar-refractivity contribution in [2.75, 3.05) is 26.2 Å². The van der Waals surface area contributed by atoms with Crippen LogP contribution in [0, 0.1) is 18.3 Å². The van der Waals surface area contributed by atoms with Crippen LogP contribution < -0.4 is 16.4 Å². The van der Waals surface area contributed by atoms with Crippen LogP contribution in [0.4, 0.5) is 17.6 Å². The van der Waals surface area contributed by atoms with Gasteiger partial charge in [0.2, 0.25) is 5.79 Å². The third-order valence-corrected chi connectivity index (χ3v) is 6.37. The molecule has 0 radical (unpaired) electrons. The van der Waals surface area contributed by atoms with E-state index in [2.05, 4.69) is 31.5 Å². The Labute approximate surface area is 184 Å². The van der Waals surface area contributed by atoms with Gasteiger partial charge in [-0.05, 0) is 25.2 Å². The number of hydrogen-bond acceptors (Lipinski definition) is 6. The Morgan fingerprint density at radius 3 is 2.75 bits per heavy atom. The van der Waals surface area contributed by atoms with Crippen LogP contribution in [-0.4, -0.2) is 59.4 Å². The number of hydrogen-bond donors (Lipinski definition) is 3. The third-order valence-electron chi connectivity index (χ3n) is 6.37. The number of alkyl halides is 4. The molecule has 1 aromatic heterocycles. The number of nitrogens with one attached hydrogen (secondary N) is 2. The summed E-state index contributed by atoms with van der Waals surface area (Å²) in [7, 11) is 0. The summed E-state index contributed by atoms with van der Waals surface area (Å²) in [6.45, 7) is 1.93. The van der Waals surface area contributed by atoms with Crippen molar-refractivity contribution in [3.05, 3.63) is 29.4 Å². The first-order valence-electron chi connectivity index (χ1n) is 10.7. The van der Waals surface area contributed by atoms with Gasteiger partial charge in [-0.15, -0.1) is 6.42 Å². The zero-order valence-corrected chi connectivity index (χ0v) is 17.6. The predicted molar refractivity (Wildman–Crippen MR) is 112 cm³/mol. The lowest BCUT2D eigenvalue weighted by Gasteiger charge is -2.38. The van der Waals surface area contributed by atoms with Crippen molar-refractivity contribution in [3.8, 4) is 12.3 Å². The average Bonchev–Trinajstić information content (AvgIpc) is 3.19. The SMILES string of the molecule is C#CCNC1=C(C(F)(F)F)C=NC(N)(c2cnn([C@@H]3CCN(CC4CCC4)C[C@H]3F)c2)N1. The van der Waals surface area contributed by atoms with Crippen LogP contribution in [0.25, 0.3) is 0 Å². The van der Waals surface area contributed by atoms with E-state index in [1.165, 1.54) is 30.1 Å². The fraction of sp³-hybridized carbons (Fsp3) is 0.619. The molecule has 3 atom stereocenters. The molecule has 4 N–H and O–H groups in total. The van der Waals surface area contributed by atoms with Crippen molar-refractivity contribution in [2.45, 2.75) is 49.9 Å². The topological polar surface area (TPSA) is 83.5 Å². The van der Waals surface area contributed by atoms with Crippen LogP contribution >= 0.6 is 0 Å². The molecule has 3 heterocycles. The Morgan fingerprint density at radius 1 is 1.34 bits per heavy atom. The Hall–Kier alpha value is -2.58. The predicted octanol–water partition coefficient (Wildman–Crippen LogP) is 2.01. The summed E-state index contributed by atoms with van der Waals surface area (Å²) in [6, 6.07) is -0.460. The highest BCUT2D eigenvalue weighted by Gasteiger charge is 2.42. The molecule has 0 aromatic carbocycles. The van der Waals surface area contributed by atoms with Crippen LogP contribution in [0.5, 0.6) is 0 Å². The minimum atomic E-state index is -4.64. The van der Waals surface area contributed by atoms with Gasteiger partial charge in [-0.2, -0.15) is 18.3 Å². The second-order valence-electron chi connectivity index (χ2n) is 8.63. The maximum atomic E-state index is 14.9. The molecule has 174 valence electrons. The summed E-state index contributed by atoms with van der Waals surface area (Å²) in [4.78, 5) is 6.06. The van der Waals surface area contributed by atoms with Gasteiger partial charge >= 0.3 is 6.18 Å². The first-order valence-corrected chi connectivity index (χ1v) is 10.7.